The largest absolute Gasteiger partial charge is 0.491 e. The average Bonchev–Trinajstić information content (AvgIpc) is 3.31. The number of nitrogens with zero attached hydrogens (tertiary/aromatic N) is 1. The van der Waals surface area contributed by atoms with Crippen LogP contribution in [0.2, 0.25) is 0 Å². The Morgan fingerprint density at radius 2 is 1.90 bits per heavy atom. The van der Waals surface area contributed by atoms with Crippen LogP contribution in [0.3, 0.4) is 0 Å². The molecule has 1 aliphatic heterocycles. The zero-order valence-electron chi connectivity index (χ0n) is 17.3. The van der Waals surface area contributed by atoms with Gasteiger partial charge in [-0.15, -0.1) is 0 Å². The number of nitrogens with two attached hydrogens (primary N) is 1. The molecule has 0 unspecified atom stereocenters. The van der Waals surface area contributed by atoms with E-state index in [0.29, 0.717) is 13.2 Å². The first-order valence-corrected chi connectivity index (χ1v) is 10.5. The zero-order valence-corrected chi connectivity index (χ0v) is 17.3. The van der Waals surface area contributed by atoms with Gasteiger partial charge in [-0.05, 0) is 67.8 Å². The smallest absolute Gasteiger partial charge is 0.120 e. The molecule has 3 aromatic rings. The maximum Gasteiger partial charge on any atom is 0.120 e. The summed E-state index contributed by atoms with van der Waals surface area (Å²) in [6.07, 6.45) is 2.30. The molecule has 1 aliphatic rings. The highest BCUT2D eigenvalue weighted by atomic mass is 16.5. The van der Waals surface area contributed by atoms with Crippen LogP contribution in [-0.4, -0.2) is 24.3 Å². The molecular formula is C25H28N2O3. The minimum absolute atomic E-state index is 0.121. The molecule has 0 aliphatic carbocycles. The van der Waals surface area contributed by atoms with Gasteiger partial charge in [-0.3, -0.25) is 4.98 Å². The first kappa shape index (κ1) is 20.4. The van der Waals surface area contributed by atoms with Gasteiger partial charge < -0.3 is 19.9 Å². The summed E-state index contributed by atoms with van der Waals surface area (Å²) < 4.78 is 17.7. The van der Waals surface area contributed by atoms with Crippen LogP contribution < -0.4 is 15.2 Å². The van der Waals surface area contributed by atoms with Gasteiger partial charge in [0.15, 0.2) is 0 Å². The van der Waals surface area contributed by atoms with E-state index < -0.39 is 0 Å². The molecule has 0 spiro atoms. The van der Waals surface area contributed by atoms with Gasteiger partial charge in [0.05, 0.1) is 17.5 Å². The molecule has 0 amide bonds. The topological polar surface area (TPSA) is 66.6 Å². The van der Waals surface area contributed by atoms with Crippen LogP contribution in [0.5, 0.6) is 11.5 Å². The predicted octanol–water partition coefficient (Wildman–Crippen LogP) is 4.91. The number of hydrogen-bond donors (Lipinski definition) is 1. The van der Waals surface area contributed by atoms with E-state index in [0.717, 1.165) is 53.5 Å². The lowest BCUT2D eigenvalue weighted by Gasteiger charge is -2.15. The predicted molar refractivity (Wildman–Crippen MR) is 118 cm³/mol. The molecule has 1 saturated heterocycles. The molecule has 0 radical (unpaired) electrons. The second kappa shape index (κ2) is 9.74. The Morgan fingerprint density at radius 1 is 1.03 bits per heavy atom. The van der Waals surface area contributed by atoms with Gasteiger partial charge in [-0.1, -0.05) is 24.3 Å². The van der Waals surface area contributed by atoms with Crippen molar-refractivity contribution in [3.63, 3.8) is 0 Å². The third-order valence-electron chi connectivity index (χ3n) is 5.11. The summed E-state index contributed by atoms with van der Waals surface area (Å²) in [5.41, 5.74) is 9.76. The van der Waals surface area contributed by atoms with Crippen molar-refractivity contribution in [2.75, 3.05) is 13.2 Å². The Bertz CT molecular complexity index is 954. The van der Waals surface area contributed by atoms with Crippen LogP contribution in [0.15, 0.2) is 66.7 Å². The second-order valence-corrected chi connectivity index (χ2v) is 7.65. The number of aromatic nitrogens is 1. The SMILES string of the molecule is C[C@@H](N)c1cccc(-c2cc(COc3ccccc3)cc(OC[C@H]3CCCO3)c2)n1. The third kappa shape index (κ3) is 5.38. The van der Waals surface area contributed by atoms with E-state index in [1.807, 2.05) is 67.6 Å². The van der Waals surface area contributed by atoms with Crippen molar-refractivity contribution in [1.29, 1.82) is 0 Å². The molecule has 2 aromatic carbocycles. The molecule has 30 heavy (non-hydrogen) atoms. The van der Waals surface area contributed by atoms with Gasteiger partial charge in [0.2, 0.25) is 0 Å². The molecule has 2 atom stereocenters. The van der Waals surface area contributed by atoms with Gasteiger partial charge in [0.1, 0.15) is 24.7 Å². The van der Waals surface area contributed by atoms with E-state index in [4.69, 9.17) is 24.9 Å². The van der Waals surface area contributed by atoms with Gasteiger partial charge in [0, 0.05) is 18.2 Å². The second-order valence-electron chi connectivity index (χ2n) is 7.65. The Balaban J connectivity index is 1.58. The normalized spacial score (nSPS) is 16.9. The minimum atomic E-state index is -0.121. The van der Waals surface area contributed by atoms with Crippen LogP contribution in [0, 0.1) is 0 Å². The first-order chi connectivity index (χ1) is 14.7. The molecular weight excluding hydrogens is 376 g/mol. The molecule has 1 fully saturated rings. The van der Waals surface area contributed by atoms with Crippen LogP contribution in [0.4, 0.5) is 0 Å². The average molecular weight is 405 g/mol. The number of ether oxygens (including phenoxy) is 3. The fourth-order valence-electron chi connectivity index (χ4n) is 3.49. The van der Waals surface area contributed by atoms with Crippen LogP contribution in [-0.2, 0) is 11.3 Å². The Morgan fingerprint density at radius 3 is 2.67 bits per heavy atom. The van der Waals surface area contributed by atoms with E-state index in [-0.39, 0.29) is 12.1 Å². The molecule has 156 valence electrons. The van der Waals surface area contributed by atoms with Crippen molar-refractivity contribution in [3.8, 4) is 22.8 Å². The van der Waals surface area contributed by atoms with Crippen molar-refractivity contribution in [1.82, 2.24) is 4.98 Å². The monoisotopic (exact) mass is 404 g/mol. The lowest BCUT2D eigenvalue weighted by molar-refractivity contribution is 0.0679. The fourth-order valence-corrected chi connectivity index (χ4v) is 3.49. The summed E-state index contributed by atoms with van der Waals surface area (Å²) in [6.45, 7) is 3.75. The minimum Gasteiger partial charge on any atom is -0.491 e. The van der Waals surface area contributed by atoms with E-state index in [1.54, 1.807) is 0 Å². The summed E-state index contributed by atoms with van der Waals surface area (Å²) in [5, 5.41) is 0. The molecule has 2 N–H and O–H groups in total. The van der Waals surface area contributed by atoms with E-state index in [2.05, 4.69) is 6.07 Å². The Labute approximate surface area is 177 Å². The Kier molecular flexibility index (Phi) is 6.62. The summed E-state index contributed by atoms with van der Waals surface area (Å²) >= 11 is 0. The van der Waals surface area contributed by atoms with Crippen molar-refractivity contribution in [2.45, 2.75) is 38.5 Å². The van der Waals surface area contributed by atoms with Crippen molar-refractivity contribution >= 4 is 0 Å². The van der Waals surface area contributed by atoms with E-state index >= 15 is 0 Å². The molecule has 5 nitrogen and oxygen atoms in total. The molecule has 0 bridgehead atoms. The van der Waals surface area contributed by atoms with Gasteiger partial charge in [0.25, 0.3) is 0 Å². The van der Waals surface area contributed by atoms with Gasteiger partial charge in [-0.2, -0.15) is 0 Å². The fraction of sp³-hybridized carbons (Fsp3) is 0.320. The molecule has 1 aromatic heterocycles. The maximum absolute atomic E-state index is 6.09. The van der Waals surface area contributed by atoms with Crippen LogP contribution in [0.1, 0.15) is 37.1 Å². The quantitative estimate of drug-likeness (QED) is 0.578. The lowest BCUT2D eigenvalue weighted by atomic mass is 10.1. The third-order valence-corrected chi connectivity index (χ3v) is 5.11. The van der Waals surface area contributed by atoms with Crippen molar-refractivity contribution < 1.29 is 14.2 Å². The van der Waals surface area contributed by atoms with Crippen molar-refractivity contribution in [3.05, 3.63) is 78.0 Å². The molecule has 5 heteroatoms. The van der Waals surface area contributed by atoms with E-state index in [1.165, 1.54) is 0 Å². The summed E-state index contributed by atoms with van der Waals surface area (Å²) in [7, 11) is 0. The molecule has 2 heterocycles. The summed E-state index contributed by atoms with van der Waals surface area (Å²) in [4.78, 5) is 4.73. The molecule has 4 rings (SSSR count). The highest BCUT2D eigenvalue weighted by Crippen LogP contribution is 2.27. The highest BCUT2D eigenvalue weighted by Gasteiger charge is 2.16. The van der Waals surface area contributed by atoms with Gasteiger partial charge in [-0.25, -0.2) is 0 Å². The molecule has 0 saturated carbocycles. The first-order valence-electron chi connectivity index (χ1n) is 10.5. The lowest BCUT2D eigenvalue weighted by Crippen LogP contribution is -2.16. The number of pyridine rings is 1. The van der Waals surface area contributed by atoms with Gasteiger partial charge >= 0.3 is 0 Å². The van der Waals surface area contributed by atoms with Crippen LogP contribution >= 0.6 is 0 Å². The maximum atomic E-state index is 6.09. The van der Waals surface area contributed by atoms with Crippen LogP contribution in [0.25, 0.3) is 11.3 Å². The number of rotatable bonds is 8. The van der Waals surface area contributed by atoms with E-state index in [9.17, 15) is 0 Å². The van der Waals surface area contributed by atoms with Crippen molar-refractivity contribution in [2.24, 2.45) is 5.73 Å². The summed E-state index contributed by atoms with van der Waals surface area (Å²) in [5.74, 6) is 1.63. The number of benzene rings is 2. The number of para-hydroxylation sites is 1. The standard InChI is InChI=1S/C25H28N2O3/c1-18(26)24-10-5-11-25(27-24)20-13-19(16-29-21-7-3-2-4-8-21)14-23(15-20)30-17-22-9-6-12-28-22/h2-5,7-8,10-11,13-15,18,22H,6,9,12,16-17,26H2,1H3/t18-,22-/m1/s1. The highest BCUT2D eigenvalue weighted by molar-refractivity contribution is 5.63. The number of hydrogen-bond acceptors (Lipinski definition) is 5. The summed E-state index contributed by atoms with van der Waals surface area (Å²) in [6, 6.07) is 21.8. The Hall–Kier alpha value is -2.89. The zero-order chi connectivity index (χ0) is 20.8.